The van der Waals surface area contributed by atoms with Gasteiger partial charge in [0.05, 0.1) is 32.6 Å². The van der Waals surface area contributed by atoms with E-state index in [1.54, 1.807) is 18.7 Å². The first-order chi connectivity index (χ1) is 8.61. The molecule has 18 heavy (non-hydrogen) atoms. The van der Waals surface area contributed by atoms with E-state index in [0.717, 1.165) is 0 Å². The lowest BCUT2D eigenvalue weighted by Crippen LogP contribution is -2.40. The molecule has 1 saturated heterocycles. The summed E-state index contributed by atoms with van der Waals surface area (Å²) in [6, 6.07) is 0. The average Bonchev–Trinajstić information content (AvgIpc) is 2.38. The SMILES string of the molecule is CCOP(=O)(CCC(=O)N1CCOCC1)OCC. The molecule has 0 aromatic carbocycles. The van der Waals surface area contributed by atoms with Crippen molar-refractivity contribution in [1.82, 2.24) is 4.90 Å². The van der Waals surface area contributed by atoms with Crippen molar-refractivity contribution < 1.29 is 23.1 Å². The van der Waals surface area contributed by atoms with Crippen molar-refractivity contribution in [3.05, 3.63) is 0 Å². The smallest absolute Gasteiger partial charge is 0.331 e. The number of carbonyl (C=O) groups is 1. The molecule has 0 unspecified atom stereocenters. The van der Waals surface area contributed by atoms with Crippen LogP contribution in [0.3, 0.4) is 0 Å². The van der Waals surface area contributed by atoms with E-state index in [1.165, 1.54) is 0 Å². The second-order valence-electron chi connectivity index (χ2n) is 3.91. The monoisotopic (exact) mass is 279 g/mol. The zero-order valence-electron chi connectivity index (χ0n) is 11.1. The van der Waals surface area contributed by atoms with Crippen LogP contribution < -0.4 is 0 Å². The van der Waals surface area contributed by atoms with Gasteiger partial charge in [0.2, 0.25) is 5.91 Å². The lowest BCUT2D eigenvalue weighted by atomic mass is 10.3. The van der Waals surface area contributed by atoms with Crippen molar-refractivity contribution >= 4 is 13.5 Å². The van der Waals surface area contributed by atoms with Crippen LogP contribution >= 0.6 is 7.60 Å². The van der Waals surface area contributed by atoms with Gasteiger partial charge in [-0.15, -0.1) is 0 Å². The van der Waals surface area contributed by atoms with Gasteiger partial charge in [0, 0.05) is 19.5 Å². The first-order valence-corrected chi connectivity index (χ1v) is 8.07. The minimum atomic E-state index is -3.10. The largest absolute Gasteiger partial charge is 0.378 e. The van der Waals surface area contributed by atoms with Gasteiger partial charge in [-0.05, 0) is 13.8 Å². The summed E-state index contributed by atoms with van der Waals surface area (Å²) in [6.45, 7) is 6.51. The molecule has 0 saturated carbocycles. The molecule has 0 atom stereocenters. The summed E-state index contributed by atoms with van der Waals surface area (Å²) in [5.74, 6) is -0.0158. The fourth-order valence-corrected chi connectivity index (χ4v) is 3.35. The van der Waals surface area contributed by atoms with Crippen LogP contribution in [-0.2, 0) is 23.1 Å². The molecule has 0 radical (unpaired) electrons. The number of hydrogen-bond donors (Lipinski definition) is 0. The summed E-state index contributed by atoms with van der Waals surface area (Å²) in [5, 5.41) is 0. The maximum absolute atomic E-state index is 12.2. The van der Waals surface area contributed by atoms with Crippen LogP contribution in [0.25, 0.3) is 0 Å². The molecule has 1 aliphatic rings. The summed E-state index contributed by atoms with van der Waals surface area (Å²) in [4.78, 5) is 13.6. The Morgan fingerprint density at radius 3 is 2.28 bits per heavy atom. The molecule has 0 aromatic rings. The zero-order valence-corrected chi connectivity index (χ0v) is 12.0. The molecule has 6 nitrogen and oxygen atoms in total. The zero-order chi connectivity index (χ0) is 13.4. The molecule has 7 heteroatoms. The Balaban J connectivity index is 2.40. The van der Waals surface area contributed by atoms with Gasteiger partial charge in [0.1, 0.15) is 0 Å². The standard InChI is InChI=1S/C11H22NO5P/c1-3-16-18(14,17-4-2)10-5-11(13)12-6-8-15-9-7-12/h3-10H2,1-2H3. The predicted octanol–water partition coefficient (Wildman–Crippen LogP) is 1.50. The highest BCUT2D eigenvalue weighted by molar-refractivity contribution is 7.53. The number of amides is 1. The molecule has 1 amide bonds. The van der Waals surface area contributed by atoms with Gasteiger partial charge >= 0.3 is 7.60 Å². The van der Waals surface area contributed by atoms with E-state index in [1.807, 2.05) is 0 Å². The number of hydrogen-bond acceptors (Lipinski definition) is 5. The third kappa shape index (κ3) is 5.06. The minimum Gasteiger partial charge on any atom is -0.378 e. The number of nitrogens with zero attached hydrogens (tertiary/aromatic N) is 1. The van der Waals surface area contributed by atoms with Crippen molar-refractivity contribution in [2.24, 2.45) is 0 Å². The van der Waals surface area contributed by atoms with E-state index in [2.05, 4.69) is 0 Å². The number of morpholine rings is 1. The highest BCUT2D eigenvalue weighted by Gasteiger charge is 2.26. The third-order valence-corrected chi connectivity index (χ3v) is 4.69. The third-order valence-electron chi connectivity index (χ3n) is 2.61. The normalized spacial score (nSPS) is 16.9. The van der Waals surface area contributed by atoms with Crippen molar-refractivity contribution in [1.29, 1.82) is 0 Å². The molecule has 1 aliphatic heterocycles. The highest BCUT2D eigenvalue weighted by atomic mass is 31.2. The number of rotatable bonds is 7. The predicted molar refractivity (Wildman–Crippen MR) is 67.7 cm³/mol. The molecular formula is C11H22NO5P. The van der Waals surface area contributed by atoms with Crippen LogP contribution in [0.2, 0.25) is 0 Å². The molecule has 1 rings (SSSR count). The van der Waals surface area contributed by atoms with Crippen molar-refractivity contribution in [2.45, 2.75) is 20.3 Å². The summed E-state index contributed by atoms with van der Waals surface area (Å²) < 4.78 is 27.6. The van der Waals surface area contributed by atoms with Crippen LogP contribution in [0, 0.1) is 0 Å². The molecule has 1 heterocycles. The Hall–Kier alpha value is -0.420. The maximum Gasteiger partial charge on any atom is 0.331 e. The number of ether oxygens (including phenoxy) is 1. The average molecular weight is 279 g/mol. The number of carbonyl (C=O) groups excluding carboxylic acids is 1. The lowest BCUT2D eigenvalue weighted by molar-refractivity contribution is -0.134. The van der Waals surface area contributed by atoms with Crippen LogP contribution in [0.1, 0.15) is 20.3 Å². The minimum absolute atomic E-state index is 0.0158. The lowest BCUT2D eigenvalue weighted by Gasteiger charge is -2.27. The maximum atomic E-state index is 12.2. The molecular weight excluding hydrogens is 257 g/mol. The van der Waals surface area contributed by atoms with Gasteiger partial charge in [-0.25, -0.2) is 0 Å². The van der Waals surface area contributed by atoms with Gasteiger partial charge in [-0.3, -0.25) is 9.36 Å². The summed E-state index contributed by atoms with van der Waals surface area (Å²) >= 11 is 0. The molecule has 0 N–H and O–H groups in total. The quantitative estimate of drug-likeness (QED) is 0.661. The molecule has 0 aliphatic carbocycles. The van der Waals surface area contributed by atoms with Gasteiger partial charge in [-0.2, -0.15) is 0 Å². The van der Waals surface area contributed by atoms with E-state index < -0.39 is 7.60 Å². The fourth-order valence-electron chi connectivity index (χ4n) is 1.76. The van der Waals surface area contributed by atoms with Crippen LogP contribution in [-0.4, -0.2) is 56.5 Å². The molecule has 1 fully saturated rings. The first-order valence-electron chi connectivity index (χ1n) is 6.35. The van der Waals surface area contributed by atoms with E-state index >= 15 is 0 Å². The second kappa shape index (κ2) is 7.89. The molecule has 0 spiro atoms. The van der Waals surface area contributed by atoms with E-state index in [-0.39, 0.29) is 18.5 Å². The molecule has 0 bridgehead atoms. The van der Waals surface area contributed by atoms with E-state index in [4.69, 9.17) is 13.8 Å². The molecule has 0 aromatic heterocycles. The van der Waals surface area contributed by atoms with Crippen LogP contribution in [0.4, 0.5) is 0 Å². The summed E-state index contributed by atoms with van der Waals surface area (Å²) in [5.41, 5.74) is 0. The summed E-state index contributed by atoms with van der Waals surface area (Å²) in [7, 11) is -3.10. The van der Waals surface area contributed by atoms with Gasteiger partial charge in [0.25, 0.3) is 0 Å². The highest BCUT2D eigenvalue weighted by Crippen LogP contribution is 2.48. The first kappa shape index (κ1) is 15.6. The van der Waals surface area contributed by atoms with Crippen molar-refractivity contribution in [3.63, 3.8) is 0 Å². The van der Waals surface area contributed by atoms with E-state index in [0.29, 0.717) is 39.5 Å². The Kier molecular flexibility index (Phi) is 6.86. The summed E-state index contributed by atoms with van der Waals surface area (Å²) in [6.07, 6.45) is 0.335. The Morgan fingerprint density at radius 2 is 1.78 bits per heavy atom. The van der Waals surface area contributed by atoms with Crippen molar-refractivity contribution in [3.8, 4) is 0 Å². The van der Waals surface area contributed by atoms with Gasteiger partial charge in [-0.1, -0.05) is 0 Å². The Labute approximate surface area is 108 Å². The van der Waals surface area contributed by atoms with Crippen LogP contribution in [0.15, 0.2) is 0 Å². The molecule has 106 valence electrons. The van der Waals surface area contributed by atoms with Gasteiger partial charge in [0.15, 0.2) is 0 Å². The van der Waals surface area contributed by atoms with Crippen LogP contribution in [0.5, 0.6) is 0 Å². The Morgan fingerprint density at radius 1 is 1.22 bits per heavy atom. The second-order valence-corrected chi connectivity index (χ2v) is 6.10. The topological polar surface area (TPSA) is 65.1 Å². The van der Waals surface area contributed by atoms with E-state index in [9.17, 15) is 9.36 Å². The van der Waals surface area contributed by atoms with Gasteiger partial charge < -0.3 is 18.7 Å². The Bertz CT molecular complexity index is 294. The van der Waals surface area contributed by atoms with Crippen molar-refractivity contribution in [2.75, 3.05) is 45.7 Å². The fraction of sp³-hybridized carbons (Fsp3) is 0.909.